The molecule has 2 aromatic carbocycles. The van der Waals surface area contributed by atoms with Gasteiger partial charge in [0.25, 0.3) is 0 Å². The molecule has 4 heteroatoms. The maximum atomic E-state index is 6.04. The van der Waals surface area contributed by atoms with Crippen LogP contribution in [-0.2, 0) is 19.4 Å². The highest BCUT2D eigenvalue weighted by Gasteiger charge is 2.14. The maximum absolute atomic E-state index is 6.04. The van der Waals surface area contributed by atoms with Gasteiger partial charge < -0.3 is 9.64 Å². The van der Waals surface area contributed by atoms with E-state index in [4.69, 9.17) is 14.7 Å². The standard InChI is InChI=1S/C29H35N3O/c1-29(2,3)19-21-9-11-22(12-10-21)20-33-24-15-13-23(14-16-24)25-7-6-8-26-27(30-25)17-18-28(31-26)32(4)5/h9-18H,6-8,19-20H2,1-5H3. The van der Waals surface area contributed by atoms with Crippen molar-refractivity contribution in [3.63, 3.8) is 0 Å². The molecule has 0 N–H and O–H groups in total. The maximum Gasteiger partial charge on any atom is 0.128 e. The van der Waals surface area contributed by atoms with Crippen LogP contribution < -0.4 is 9.64 Å². The molecule has 0 aliphatic carbocycles. The molecule has 0 bridgehead atoms. The largest absolute Gasteiger partial charge is 0.489 e. The van der Waals surface area contributed by atoms with Crippen molar-refractivity contribution in [1.82, 2.24) is 4.98 Å². The minimum atomic E-state index is 0.301. The number of fused-ring (bicyclic) bond motifs is 1. The summed E-state index contributed by atoms with van der Waals surface area (Å²) in [6, 6.07) is 21.2. The van der Waals surface area contributed by atoms with Crippen molar-refractivity contribution in [3.05, 3.63) is 83.0 Å². The Bertz CT molecular complexity index is 1110. The second-order valence-corrected chi connectivity index (χ2v) is 10.3. The Morgan fingerprint density at radius 1 is 0.848 bits per heavy atom. The average Bonchev–Trinajstić information content (AvgIpc) is 3.00. The van der Waals surface area contributed by atoms with E-state index in [0.29, 0.717) is 12.0 Å². The van der Waals surface area contributed by atoms with E-state index in [9.17, 15) is 0 Å². The molecule has 1 aromatic heterocycles. The molecule has 0 radical (unpaired) electrons. The molecule has 0 unspecified atom stereocenters. The molecule has 0 atom stereocenters. The lowest BCUT2D eigenvalue weighted by atomic mass is 9.88. The van der Waals surface area contributed by atoms with Crippen molar-refractivity contribution < 1.29 is 4.74 Å². The number of hydrogen-bond donors (Lipinski definition) is 0. The van der Waals surface area contributed by atoms with Crippen molar-refractivity contribution in [3.8, 4) is 5.75 Å². The van der Waals surface area contributed by atoms with Crippen LogP contribution >= 0.6 is 0 Å². The van der Waals surface area contributed by atoms with Crippen LogP contribution in [0.25, 0.3) is 0 Å². The Labute approximate surface area is 198 Å². The first-order valence-electron chi connectivity index (χ1n) is 11.8. The van der Waals surface area contributed by atoms with Gasteiger partial charge in [0.15, 0.2) is 0 Å². The Kier molecular flexibility index (Phi) is 6.83. The molecule has 0 saturated carbocycles. The molecular weight excluding hydrogens is 406 g/mol. The van der Waals surface area contributed by atoms with E-state index >= 15 is 0 Å². The molecule has 2 heterocycles. The van der Waals surface area contributed by atoms with Crippen LogP contribution in [0.1, 0.15) is 56.0 Å². The Balaban J connectivity index is 1.41. The summed E-state index contributed by atoms with van der Waals surface area (Å²) in [6.45, 7) is 7.38. The number of hydrogen-bond acceptors (Lipinski definition) is 4. The minimum absolute atomic E-state index is 0.301. The van der Waals surface area contributed by atoms with Crippen LogP contribution in [0.2, 0.25) is 0 Å². The smallest absolute Gasteiger partial charge is 0.128 e. The van der Waals surface area contributed by atoms with Crippen molar-refractivity contribution in [1.29, 1.82) is 0 Å². The van der Waals surface area contributed by atoms with Crippen molar-refractivity contribution in [2.75, 3.05) is 19.0 Å². The number of benzene rings is 2. The zero-order valence-electron chi connectivity index (χ0n) is 20.6. The van der Waals surface area contributed by atoms with Crippen LogP contribution in [0.15, 0.2) is 65.7 Å². The number of ether oxygens (including phenoxy) is 1. The van der Waals surface area contributed by atoms with Crippen molar-refractivity contribution in [2.24, 2.45) is 10.4 Å². The van der Waals surface area contributed by atoms with E-state index < -0.39 is 0 Å². The fourth-order valence-corrected chi connectivity index (χ4v) is 4.13. The summed E-state index contributed by atoms with van der Waals surface area (Å²) < 4.78 is 6.04. The van der Waals surface area contributed by atoms with Gasteiger partial charge in [-0.1, -0.05) is 45.0 Å². The number of pyridine rings is 1. The molecule has 4 nitrogen and oxygen atoms in total. The van der Waals surface area contributed by atoms with Crippen LogP contribution in [-0.4, -0.2) is 24.8 Å². The lowest BCUT2D eigenvalue weighted by molar-refractivity contribution is 0.306. The molecule has 0 fully saturated rings. The van der Waals surface area contributed by atoms with E-state index in [-0.39, 0.29) is 0 Å². The van der Waals surface area contributed by atoms with Gasteiger partial charge in [0.1, 0.15) is 18.2 Å². The zero-order chi connectivity index (χ0) is 23.4. The summed E-state index contributed by atoms with van der Waals surface area (Å²) in [5.41, 5.74) is 7.20. The first-order valence-corrected chi connectivity index (χ1v) is 11.8. The molecule has 33 heavy (non-hydrogen) atoms. The van der Waals surface area contributed by atoms with Gasteiger partial charge in [0.05, 0.1) is 11.4 Å². The number of aliphatic imine (C=N–C) groups is 1. The Morgan fingerprint density at radius 3 is 2.21 bits per heavy atom. The summed E-state index contributed by atoms with van der Waals surface area (Å²) >= 11 is 0. The minimum Gasteiger partial charge on any atom is -0.489 e. The fraction of sp³-hybridized carbons (Fsp3) is 0.379. The van der Waals surface area contributed by atoms with Gasteiger partial charge in [-0.05, 0) is 84.2 Å². The number of nitrogens with zero attached hydrogens (tertiary/aromatic N) is 3. The van der Waals surface area contributed by atoms with Gasteiger partial charge in [-0.25, -0.2) is 4.98 Å². The van der Waals surface area contributed by atoms with Gasteiger partial charge in [0, 0.05) is 19.8 Å². The molecule has 0 amide bonds. The quantitative estimate of drug-likeness (QED) is 0.423. The van der Waals surface area contributed by atoms with Crippen LogP contribution in [0.5, 0.6) is 5.75 Å². The third-order valence-electron chi connectivity index (χ3n) is 5.83. The molecule has 1 aliphatic rings. The molecule has 3 aromatic rings. The monoisotopic (exact) mass is 441 g/mol. The first kappa shape index (κ1) is 23.0. The van der Waals surface area contributed by atoms with Gasteiger partial charge in [0.2, 0.25) is 0 Å². The van der Waals surface area contributed by atoms with E-state index in [0.717, 1.165) is 59.9 Å². The topological polar surface area (TPSA) is 37.7 Å². The summed E-state index contributed by atoms with van der Waals surface area (Å²) in [5, 5.41) is 0. The third-order valence-corrected chi connectivity index (χ3v) is 5.83. The van der Waals surface area contributed by atoms with Gasteiger partial charge >= 0.3 is 0 Å². The van der Waals surface area contributed by atoms with Gasteiger partial charge in [-0.2, -0.15) is 0 Å². The Morgan fingerprint density at radius 2 is 1.55 bits per heavy atom. The number of aromatic nitrogens is 1. The molecular formula is C29H35N3O. The normalized spacial score (nSPS) is 13.7. The van der Waals surface area contributed by atoms with Crippen molar-refractivity contribution >= 4 is 17.2 Å². The molecule has 4 rings (SSSR count). The number of rotatable bonds is 6. The number of aryl methyl sites for hydroxylation is 1. The second kappa shape index (κ2) is 9.78. The van der Waals surface area contributed by atoms with Gasteiger partial charge in [-0.15, -0.1) is 0 Å². The van der Waals surface area contributed by atoms with Crippen LogP contribution in [0.4, 0.5) is 11.5 Å². The van der Waals surface area contributed by atoms with E-state index in [1.807, 2.05) is 37.2 Å². The average molecular weight is 442 g/mol. The molecule has 1 aliphatic heterocycles. The molecule has 0 spiro atoms. The SMILES string of the molecule is CN(C)c1ccc2c(n1)CCCC(c1ccc(OCc3ccc(CC(C)(C)C)cc3)cc1)=N2. The zero-order valence-corrected chi connectivity index (χ0v) is 20.6. The van der Waals surface area contributed by atoms with Gasteiger partial charge in [-0.3, -0.25) is 4.99 Å². The lowest BCUT2D eigenvalue weighted by Crippen LogP contribution is -2.11. The number of anilines is 1. The summed E-state index contributed by atoms with van der Waals surface area (Å²) in [5.74, 6) is 1.86. The van der Waals surface area contributed by atoms with Crippen LogP contribution in [0, 0.1) is 5.41 Å². The molecule has 0 saturated heterocycles. The second-order valence-electron chi connectivity index (χ2n) is 10.3. The van der Waals surface area contributed by atoms with Crippen molar-refractivity contribution in [2.45, 2.75) is 53.1 Å². The first-order chi connectivity index (χ1) is 15.8. The summed E-state index contributed by atoms with van der Waals surface area (Å²) in [6.07, 6.45) is 4.05. The van der Waals surface area contributed by atoms with Crippen LogP contribution in [0.3, 0.4) is 0 Å². The predicted octanol–water partition coefficient (Wildman–Crippen LogP) is 6.77. The lowest BCUT2D eigenvalue weighted by Gasteiger charge is -2.18. The van der Waals surface area contributed by atoms with E-state index in [1.54, 1.807) is 0 Å². The van der Waals surface area contributed by atoms with E-state index in [1.165, 1.54) is 11.1 Å². The summed E-state index contributed by atoms with van der Waals surface area (Å²) in [4.78, 5) is 11.8. The Hall–Kier alpha value is -3.14. The summed E-state index contributed by atoms with van der Waals surface area (Å²) in [7, 11) is 4.04. The highest BCUT2D eigenvalue weighted by atomic mass is 16.5. The highest BCUT2D eigenvalue weighted by Crippen LogP contribution is 2.28. The molecule has 172 valence electrons. The third kappa shape index (κ3) is 6.22. The van der Waals surface area contributed by atoms with E-state index in [2.05, 4.69) is 63.2 Å². The fourth-order valence-electron chi connectivity index (χ4n) is 4.13. The predicted molar refractivity (Wildman–Crippen MR) is 138 cm³/mol. The highest BCUT2D eigenvalue weighted by molar-refractivity contribution is 6.02.